The van der Waals surface area contributed by atoms with Gasteiger partial charge >= 0.3 is 0 Å². The van der Waals surface area contributed by atoms with Crippen LogP contribution < -0.4 is 0 Å². The van der Waals surface area contributed by atoms with Gasteiger partial charge in [0.15, 0.2) is 0 Å². The number of hydrogen-bond donors (Lipinski definition) is 4. The highest BCUT2D eigenvalue weighted by atomic mass is 32.2. The summed E-state index contributed by atoms with van der Waals surface area (Å²) in [7, 11) is -7.33. The minimum atomic E-state index is -3.67. The number of hydrogen-bond acceptors (Lipinski definition) is 7. The van der Waals surface area contributed by atoms with E-state index in [0.29, 0.717) is 31.6 Å². The molecule has 11 heteroatoms. The molecule has 0 saturated heterocycles. The first-order valence-electron chi connectivity index (χ1n) is 8.30. The van der Waals surface area contributed by atoms with Crippen LogP contribution in [0.5, 0.6) is 0 Å². The van der Waals surface area contributed by atoms with Gasteiger partial charge in [-0.15, -0.1) is 0 Å². The largest absolute Gasteiger partial charge is 0.396 e. The molecule has 0 heterocycles. The summed E-state index contributed by atoms with van der Waals surface area (Å²) in [5.41, 5.74) is 0.579. The molecule has 0 atom stereocenters. The fourth-order valence-corrected chi connectivity index (χ4v) is 2.15. The van der Waals surface area contributed by atoms with Crippen molar-refractivity contribution in [1.29, 1.82) is 0 Å². The normalized spacial score (nSPS) is 11.9. The fourth-order valence-electron chi connectivity index (χ4n) is 2.15. The summed E-state index contributed by atoms with van der Waals surface area (Å²) >= 11 is 0. The molecule has 0 spiro atoms. The Bertz CT molecular complexity index is 664. The Hall–Kier alpha value is -1.08. The van der Waals surface area contributed by atoms with Gasteiger partial charge < -0.3 is 14.9 Å². The molecule has 0 unspecified atom stereocenters. The molecule has 0 aromatic heterocycles. The maximum atomic E-state index is 9.48. The summed E-state index contributed by atoms with van der Waals surface area (Å²) in [5, 5.41) is 19.0. The maximum absolute atomic E-state index is 9.48. The summed E-state index contributed by atoms with van der Waals surface area (Å²) in [4.78, 5) is 0. The lowest BCUT2D eigenvalue weighted by molar-refractivity contribution is -0.0445. The molecule has 0 aliphatic carbocycles. The predicted octanol–water partition coefficient (Wildman–Crippen LogP) is 1.23. The Morgan fingerprint density at radius 2 is 1.32 bits per heavy atom. The number of aliphatic hydroxyl groups is 2. The van der Waals surface area contributed by atoms with Gasteiger partial charge in [0.2, 0.25) is 0 Å². The van der Waals surface area contributed by atoms with Crippen LogP contribution in [0.2, 0.25) is 0 Å². The zero-order valence-electron chi connectivity index (χ0n) is 16.6. The molecule has 0 aliphatic rings. The first kappa shape index (κ1) is 29.1. The van der Waals surface area contributed by atoms with Gasteiger partial charge in [0.1, 0.15) is 0 Å². The minimum absolute atomic E-state index is 0.0452. The second kappa shape index (κ2) is 14.0. The summed E-state index contributed by atoms with van der Waals surface area (Å²) in [5.74, 6) is 0.421. The zero-order valence-corrected chi connectivity index (χ0v) is 18.3. The van der Waals surface area contributed by atoms with Gasteiger partial charge in [0.05, 0.1) is 38.9 Å². The summed E-state index contributed by atoms with van der Waals surface area (Å²) in [6.45, 7) is 4.97. The van der Waals surface area contributed by atoms with E-state index < -0.39 is 25.7 Å². The lowest BCUT2D eigenvalue weighted by Crippen LogP contribution is -2.36. The molecular weight excluding hydrogens is 412 g/mol. The van der Waals surface area contributed by atoms with Crippen molar-refractivity contribution in [2.24, 2.45) is 11.3 Å². The highest BCUT2D eigenvalue weighted by Gasteiger charge is 2.30. The molecule has 0 aliphatic heterocycles. The molecule has 0 amide bonds. The first-order valence-corrected chi connectivity index (χ1v) is 12.0. The van der Waals surface area contributed by atoms with E-state index in [9.17, 15) is 27.0 Å². The number of ether oxygens (including phenoxy) is 1. The van der Waals surface area contributed by atoms with Crippen LogP contribution in [0.4, 0.5) is 0 Å². The van der Waals surface area contributed by atoms with Crippen LogP contribution in [-0.4, -0.2) is 68.5 Å². The highest BCUT2D eigenvalue weighted by molar-refractivity contribution is 7.85. The van der Waals surface area contributed by atoms with E-state index in [0.717, 1.165) is 12.0 Å². The fraction of sp³-hybridized carbons (Fsp3) is 0.647. The molecule has 0 fully saturated rings. The van der Waals surface area contributed by atoms with Crippen molar-refractivity contribution < 1.29 is 40.9 Å². The van der Waals surface area contributed by atoms with Crippen molar-refractivity contribution in [3.8, 4) is 0 Å². The summed E-state index contributed by atoms with van der Waals surface area (Å²) in [6, 6.07) is 9.91. The Kier molecular flexibility index (Phi) is 14.6. The number of aliphatic hydroxyl groups excluding tert-OH is 2. The maximum Gasteiger partial charge on any atom is 0.261 e. The lowest BCUT2D eigenvalue weighted by atomic mass is 9.82. The van der Waals surface area contributed by atoms with Crippen molar-refractivity contribution >= 4 is 20.2 Å². The Balaban J connectivity index is 0. The Morgan fingerprint density at radius 1 is 0.929 bits per heavy atom. The Morgan fingerprint density at radius 3 is 1.64 bits per heavy atom. The van der Waals surface area contributed by atoms with Gasteiger partial charge in [-0.2, -0.15) is 16.8 Å². The van der Waals surface area contributed by atoms with Crippen LogP contribution in [0.1, 0.15) is 25.8 Å². The zero-order chi connectivity index (χ0) is 22.4. The van der Waals surface area contributed by atoms with Crippen LogP contribution >= 0.6 is 0 Å². The molecule has 1 aromatic rings. The third-order valence-corrected chi connectivity index (χ3v) is 3.03. The van der Waals surface area contributed by atoms with Crippen molar-refractivity contribution in [3.05, 3.63) is 35.9 Å². The van der Waals surface area contributed by atoms with Crippen molar-refractivity contribution in [2.45, 2.75) is 26.9 Å². The second-order valence-electron chi connectivity index (χ2n) is 6.86. The van der Waals surface area contributed by atoms with E-state index in [4.69, 9.17) is 13.8 Å². The third kappa shape index (κ3) is 23.0. The molecule has 9 nitrogen and oxygen atoms in total. The van der Waals surface area contributed by atoms with Crippen molar-refractivity contribution in [2.75, 3.05) is 32.3 Å². The highest BCUT2D eigenvalue weighted by Crippen LogP contribution is 2.26. The van der Waals surface area contributed by atoms with Gasteiger partial charge in [0.25, 0.3) is 20.2 Å². The molecule has 166 valence electrons. The van der Waals surface area contributed by atoms with Crippen LogP contribution in [0, 0.1) is 11.3 Å². The van der Waals surface area contributed by atoms with Crippen LogP contribution in [0.3, 0.4) is 0 Å². The third-order valence-electron chi connectivity index (χ3n) is 3.03. The standard InChI is InChI=1S/C15H24O3.2CH4O3S/c1-13(2)8-15(10-16,11-17)12-18-9-14-6-4-3-5-7-14;2*1-5(2,3)4/h3-7,13,16-17H,8-12H2,1-2H3;2*1H3,(H,2,3,4). The van der Waals surface area contributed by atoms with Gasteiger partial charge in [-0.05, 0) is 17.9 Å². The average Bonchev–Trinajstić information content (AvgIpc) is 2.51. The Labute approximate surface area is 167 Å². The quantitative estimate of drug-likeness (QED) is 0.433. The topological polar surface area (TPSA) is 158 Å². The van der Waals surface area contributed by atoms with E-state index in [-0.39, 0.29) is 13.2 Å². The summed E-state index contributed by atoms with van der Waals surface area (Å²) < 4.78 is 57.4. The molecular formula is C17H32O9S2. The average molecular weight is 445 g/mol. The van der Waals surface area contributed by atoms with E-state index in [1.54, 1.807) is 0 Å². The second-order valence-corrected chi connectivity index (χ2v) is 9.79. The van der Waals surface area contributed by atoms with Crippen molar-refractivity contribution in [1.82, 2.24) is 0 Å². The van der Waals surface area contributed by atoms with E-state index in [1.807, 2.05) is 30.3 Å². The lowest BCUT2D eigenvalue weighted by Gasteiger charge is -2.31. The molecule has 28 heavy (non-hydrogen) atoms. The molecule has 1 rings (SSSR count). The number of benzene rings is 1. The molecule has 0 radical (unpaired) electrons. The molecule has 0 bridgehead atoms. The van der Waals surface area contributed by atoms with Gasteiger partial charge in [-0.25, -0.2) is 0 Å². The van der Waals surface area contributed by atoms with Gasteiger partial charge in [0, 0.05) is 5.41 Å². The van der Waals surface area contributed by atoms with Crippen LogP contribution in [-0.2, 0) is 31.6 Å². The minimum Gasteiger partial charge on any atom is -0.396 e. The van der Waals surface area contributed by atoms with Crippen molar-refractivity contribution in [3.63, 3.8) is 0 Å². The van der Waals surface area contributed by atoms with Crippen LogP contribution in [0.15, 0.2) is 30.3 Å². The van der Waals surface area contributed by atoms with E-state index in [2.05, 4.69) is 13.8 Å². The van der Waals surface area contributed by atoms with Gasteiger partial charge in [-0.3, -0.25) is 9.11 Å². The SMILES string of the molecule is CC(C)CC(CO)(CO)COCc1ccccc1.CS(=O)(=O)O.CS(=O)(=O)O. The molecule has 0 saturated carbocycles. The monoisotopic (exact) mass is 444 g/mol. The van der Waals surface area contributed by atoms with E-state index >= 15 is 0 Å². The summed E-state index contributed by atoms with van der Waals surface area (Å²) in [6.07, 6.45) is 2.19. The smallest absolute Gasteiger partial charge is 0.261 e. The first-order chi connectivity index (χ1) is 12.6. The molecule has 1 aromatic carbocycles. The van der Waals surface area contributed by atoms with Gasteiger partial charge in [-0.1, -0.05) is 44.2 Å². The van der Waals surface area contributed by atoms with Crippen LogP contribution in [0.25, 0.3) is 0 Å². The number of rotatable bonds is 8. The van der Waals surface area contributed by atoms with E-state index in [1.165, 1.54) is 0 Å². The predicted molar refractivity (Wildman–Crippen MR) is 107 cm³/mol. The molecule has 4 N–H and O–H groups in total.